The van der Waals surface area contributed by atoms with Crippen LogP contribution < -0.4 is 4.74 Å². The van der Waals surface area contributed by atoms with Crippen LogP contribution in [0.4, 0.5) is 0 Å². The molecule has 1 aliphatic rings. The molecule has 2 aromatic carbocycles. The highest BCUT2D eigenvalue weighted by molar-refractivity contribution is 7.99. The summed E-state index contributed by atoms with van der Waals surface area (Å²) in [6.07, 6.45) is 3.36. The number of hydrogen-bond acceptors (Lipinski definition) is 5. The highest BCUT2D eigenvalue weighted by atomic mass is 32.2. The molecule has 6 nitrogen and oxygen atoms in total. The third kappa shape index (κ3) is 4.31. The topological polar surface area (TPSA) is 60.3 Å². The van der Waals surface area contributed by atoms with Crippen molar-refractivity contribution in [2.75, 3.05) is 5.75 Å². The first-order valence-corrected chi connectivity index (χ1v) is 11.5. The van der Waals surface area contributed by atoms with Crippen LogP contribution in [-0.2, 0) is 18.4 Å². The number of ether oxygens (including phenoxy) is 1. The quantitative estimate of drug-likeness (QED) is 0.548. The standard InChI is InChI=1S/C23H28N4O2S/c1-16-8-6-9-17(2)27(16)22(28)15-30-23-25-24-21(26(23)3)14-29-20-13-7-11-18-10-4-5-12-19(18)20/h4-5,7,10-13,16-17H,6,8-9,14-15H2,1-3H3. The van der Waals surface area contributed by atoms with Crippen LogP contribution in [0.5, 0.6) is 5.75 Å². The lowest BCUT2D eigenvalue weighted by Crippen LogP contribution is -2.48. The van der Waals surface area contributed by atoms with E-state index in [2.05, 4.69) is 42.2 Å². The van der Waals surface area contributed by atoms with Crippen molar-refractivity contribution < 1.29 is 9.53 Å². The summed E-state index contributed by atoms with van der Waals surface area (Å²) in [6.45, 7) is 4.61. The number of thioether (sulfide) groups is 1. The Morgan fingerprint density at radius 1 is 1.10 bits per heavy atom. The first kappa shape index (κ1) is 20.7. The second-order valence-electron chi connectivity index (χ2n) is 7.94. The van der Waals surface area contributed by atoms with Gasteiger partial charge in [-0.2, -0.15) is 0 Å². The Kier molecular flexibility index (Phi) is 6.27. The SMILES string of the molecule is CC1CCCC(C)N1C(=O)CSc1nnc(COc2cccc3ccccc23)n1C. The second-order valence-corrected chi connectivity index (χ2v) is 8.88. The largest absolute Gasteiger partial charge is 0.485 e. The summed E-state index contributed by atoms with van der Waals surface area (Å²) >= 11 is 1.44. The molecule has 0 radical (unpaired) electrons. The highest BCUT2D eigenvalue weighted by Crippen LogP contribution is 2.27. The van der Waals surface area contributed by atoms with E-state index in [0.717, 1.165) is 40.3 Å². The molecule has 2 heterocycles. The van der Waals surface area contributed by atoms with E-state index in [9.17, 15) is 4.79 Å². The minimum Gasteiger partial charge on any atom is -0.485 e. The molecule has 0 aliphatic carbocycles. The maximum Gasteiger partial charge on any atom is 0.233 e. The van der Waals surface area contributed by atoms with Gasteiger partial charge in [-0.15, -0.1) is 10.2 Å². The molecule has 0 saturated carbocycles. The Bertz CT molecular complexity index is 1020. The lowest BCUT2D eigenvalue weighted by Gasteiger charge is -2.39. The van der Waals surface area contributed by atoms with E-state index in [-0.39, 0.29) is 5.91 Å². The molecule has 0 N–H and O–H groups in total. The maximum absolute atomic E-state index is 12.8. The summed E-state index contributed by atoms with van der Waals surface area (Å²) in [5.41, 5.74) is 0. The zero-order chi connectivity index (χ0) is 21.1. The first-order valence-electron chi connectivity index (χ1n) is 10.5. The molecular weight excluding hydrogens is 396 g/mol. The fourth-order valence-corrected chi connectivity index (χ4v) is 4.97. The van der Waals surface area contributed by atoms with Gasteiger partial charge in [-0.3, -0.25) is 4.79 Å². The van der Waals surface area contributed by atoms with Gasteiger partial charge in [-0.1, -0.05) is 48.2 Å². The monoisotopic (exact) mass is 424 g/mol. The van der Waals surface area contributed by atoms with Gasteiger partial charge in [0.1, 0.15) is 12.4 Å². The molecule has 3 aromatic rings. The van der Waals surface area contributed by atoms with Gasteiger partial charge in [0.2, 0.25) is 5.91 Å². The van der Waals surface area contributed by atoms with E-state index in [0.29, 0.717) is 24.4 Å². The van der Waals surface area contributed by atoms with Crippen molar-refractivity contribution in [1.82, 2.24) is 19.7 Å². The summed E-state index contributed by atoms with van der Waals surface area (Å²) < 4.78 is 7.95. The van der Waals surface area contributed by atoms with E-state index < -0.39 is 0 Å². The summed E-state index contributed by atoms with van der Waals surface area (Å²) in [4.78, 5) is 14.8. The predicted molar refractivity (Wildman–Crippen MR) is 120 cm³/mol. The lowest BCUT2D eigenvalue weighted by molar-refractivity contribution is -0.134. The summed E-state index contributed by atoms with van der Waals surface area (Å²) in [5.74, 6) is 2.12. The zero-order valence-corrected chi connectivity index (χ0v) is 18.6. The third-order valence-electron chi connectivity index (χ3n) is 5.84. The average Bonchev–Trinajstić information content (AvgIpc) is 3.10. The van der Waals surface area contributed by atoms with Crippen LogP contribution in [0, 0.1) is 0 Å². The Hall–Kier alpha value is -2.54. The van der Waals surface area contributed by atoms with Crippen LogP contribution >= 0.6 is 11.8 Å². The third-order valence-corrected chi connectivity index (χ3v) is 6.84. The fourth-order valence-electron chi connectivity index (χ4n) is 4.17. The van der Waals surface area contributed by atoms with Gasteiger partial charge in [-0.25, -0.2) is 0 Å². The van der Waals surface area contributed by atoms with Crippen molar-refractivity contribution in [3.63, 3.8) is 0 Å². The van der Waals surface area contributed by atoms with E-state index in [4.69, 9.17) is 4.74 Å². The molecule has 7 heteroatoms. The predicted octanol–water partition coefficient (Wildman–Crippen LogP) is 4.43. The van der Waals surface area contributed by atoms with Crippen molar-refractivity contribution in [3.05, 3.63) is 48.3 Å². The zero-order valence-electron chi connectivity index (χ0n) is 17.7. The molecule has 1 aliphatic heterocycles. The number of carbonyl (C=O) groups excluding carboxylic acids is 1. The number of benzene rings is 2. The lowest BCUT2D eigenvalue weighted by atomic mass is 9.98. The van der Waals surface area contributed by atoms with E-state index in [1.165, 1.54) is 18.2 Å². The molecule has 1 saturated heterocycles. The van der Waals surface area contributed by atoms with Crippen molar-refractivity contribution in [1.29, 1.82) is 0 Å². The highest BCUT2D eigenvalue weighted by Gasteiger charge is 2.29. The number of fused-ring (bicyclic) bond motifs is 1. The average molecular weight is 425 g/mol. The number of amides is 1. The molecular formula is C23H28N4O2S. The number of hydrogen-bond donors (Lipinski definition) is 0. The van der Waals surface area contributed by atoms with Crippen LogP contribution in [0.2, 0.25) is 0 Å². The minimum atomic E-state index is 0.177. The molecule has 4 rings (SSSR count). The number of nitrogens with zero attached hydrogens (tertiary/aromatic N) is 4. The van der Waals surface area contributed by atoms with Crippen LogP contribution in [-0.4, -0.2) is 43.4 Å². The van der Waals surface area contributed by atoms with E-state index >= 15 is 0 Å². The molecule has 2 unspecified atom stereocenters. The summed E-state index contributed by atoms with van der Waals surface area (Å²) in [5, 5.41) is 11.5. The van der Waals surface area contributed by atoms with Crippen LogP contribution in [0.1, 0.15) is 38.9 Å². The van der Waals surface area contributed by atoms with Crippen molar-refractivity contribution in [3.8, 4) is 5.75 Å². The van der Waals surface area contributed by atoms with Gasteiger partial charge < -0.3 is 14.2 Å². The molecule has 0 spiro atoms. The van der Waals surface area contributed by atoms with Crippen molar-refractivity contribution in [2.24, 2.45) is 7.05 Å². The van der Waals surface area contributed by atoms with E-state index in [1.54, 1.807) is 0 Å². The number of aromatic nitrogens is 3. The van der Waals surface area contributed by atoms with Crippen LogP contribution in [0.3, 0.4) is 0 Å². The first-order chi connectivity index (χ1) is 14.5. The molecule has 30 heavy (non-hydrogen) atoms. The number of likely N-dealkylation sites (tertiary alicyclic amines) is 1. The second kappa shape index (κ2) is 9.08. The molecule has 1 aromatic heterocycles. The van der Waals surface area contributed by atoms with Crippen LogP contribution in [0.25, 0.3) is 10.8 Å². The number of piperidine rings is 1. The van der Waals surface area contributed by atoms with Crippen molar-refractivity contribution in [2.45, 2.75) is 57.0 Å². The van der Waals surface area contributed by atoms with Crippen molar-refractivity contribution >= 4 is 28.4 Å². The van der Waals surface area contributed by atoms with Gasteiger partial charge >= 0.3 is 0 Å². The molecule has 1 fully saturated rings. The van der Waals surface area contributed by atoms with E-state index in [1.807, 2.05) is 40.8 Å². The van der Waals surface area contributed by atoms with Gasteiger partial charge in [0.25, 0.3) is 0 Å². The number of carbonyl (C=O) groups is 1. The maximum atomic E-state index is 12.8. The van der Waals surface area contributed by atoms with Gasteiger partial charge in [0.05, 0.1) is 5.75 Å². The molecule has 2 atom stereocenters. The summed E-state index contributed by atoms with van der Waals surface area (Å²) in [6, 6.07) is 14.8. The minimum absolute atomic E-state index is 0.177. The van der Waals surface area contributed by atoms with Gasteiger partial charge in [-0.05, 0) is 44.6 Å². The Balaban J connectivity index is 1.38. The fraction of sp³-hybridized carbons (Fsp3) is 0.435. The Labute approximate surface area is 181 Å². The summed E-state index contributed by atoms with van der Waals surface area (Å²) in [7, 11) is 1.92. The normalized spacial score (nSPS) is 19.2. The number of rotatable bonds is 6. The molecule has 158 valence electrons. The van der Waals surface area contributed by atoms with Gasteiger partial charge in [0, 0.05) is 24.5 Å². The smallest absolute Gasteiger partial charge is 0.233 e. The Morgan fingerprint density at radius 2 is 1.83 bits per heavy atom. The molecule has 0 bridgehead atoms. The molecule has 1 amide bonds. The van der Waals surface area contributed by atoms with Crippen LogP contribution in [0.15, 0.2) is 47.6 Å². The Morgan fingerprint density at radius 3 is 2.63 bits per heavy atom. The van der Waals surface area contributed by atoms with Gasteiger partial charge in [0.15, 0.2) is 11.0 Å².